The standard InChI is InChI=1S/C13H18N4S/c1-4-15-12-6-10(5-9(2)3)16-13(17-12)11-7-14-8-18-11/h6-9H,4-5H2,1-3H3,(H,15,16,17). The highest BCUT2D eigenvalue weighted by Crippen LogP contribution is 2.22. The highest BCUT2D eigenvalue weighted by atomic mass is 32.1. The molecular weight excluding hydrogens is 244 g/mol. The molecule has 0 radical (unpaired) electrons. The van der Waals surface area contributed by atoms with Gasteiger partial charge in [-0.05, 0) is 19.3 Å². The highest BCUT2D eigenvalue weighted by molar-refractivity contribution is 7.13. The fourth-order valence-corrected chi connectivity index (χ4v) is 2.28. The Bertz CT molecular complexity index is 494. The van der Waals surface area contributed by atoms with Gasteiger partial charge in [0.1, 0.15) is 5.82 Å². The fraction of sp³-hybridized carbons (Fsp3) is 0.462. The van der Waals surface area contributed by atoms with E-state index in [0.29, 0.717) is 5.92 Å². The predicted octanol–water partition coefficient (Wildman–Crippen LogP) is 3.23. The first-order valence-electron chi connectivity index (χ1n) is 6.19. The zero-order valence-corrected chi connectivity index (χ0v) is 11.8. The molecule has 0 saturated carbocycles. The molecule has 2 aromatic heterocycles. The molecule has 2 heterocycles. The molecule has 0 bridgehead atoms. The topological polar surface area (TPSA) is 50.7 Å². The van der Waals surface area contributed by atoms with Crippen LogP contribution in [-0.2, 0) is 6.42 Å². The molecule has 2 rings (SSSR count). The van der Waals surface area contributed by atoms with E-state index in [2.05, 4.69) is 41.0 Å². The average Bonchev–Trinajstić information content (AvgIpc) is 2.81. The van der Waals surface area contributed by atoms with Crippen LogP contribution < -0.4 is 5.32 Å². The van der Waals surface area contributed by atoms with Gasteiger partial charge in [-0.2, -0.15) is 0 Å². The fourth-order valence-electron chi connectivity index (χ4n) is 1.73. The van der Waals surface area contributed by atoms with Crippen molar-refractivity contribution < 1.29 is 0 Å². The van der Waals surface area contributed by atoms with Gasteiger partial charge in [0.05, 0.1) is 10.4 Å². The molecule has 5 heteroatoms. The van der Waals surface area contributed by atoms with Crippen molar-refractivity contribution in [3.8, 4) is 10.7 Å². The van der Waals surface area contributed by atoms with Crippen molar-refractivity contribution >= 4 is 17.2 Å². The van der Waals surface area contributed by atoms with Crippen LogP contribution in [-0.4, -0.2) is 21.5 Å². The van der Waals surface area contributed by atoms with Gasteiger partial charge in [0.25, 0.3) is 0 Å². The van der Waals surface area contributed by atoms with Crippen LogP contribution in [0.1, 0.15) is 26.5 Å². The van der Waals surface area contributed by atoms with Crippen LogP contribution in [0.5, 0.6) is 0 Å². The van der Waals surface area contributed by atoms with Gasteiger partial charge in [-0.1, -0.05) is 13.8 Å². The number of aromatic nitrogens is 3. The van der Waals surface area contributed by atoms with Crippen molar-refractivity contribution in [1.29, 1.82) is 0 Å². The van der Waals surface area contributed by atoms with Crippen LogP contribution in [0, 0.1) is 5.92 Å². The minimum Gasteiger partial charge on any atom is -0.370 e. The summed E-state index contributed by atoms with van der Waals surface area (Å²) in [7, 11) is 0. The number of hydrogen-bond acceptors (Lipinski definition) is 5. The zero-order chi connectivity index (χ0) is 13.0. The second-order valence-electron chi connectivity index (χ2n) is 4.56. The van der Waals surface area contributed by atoms with Gasteiger partial charge in [0.15, 0.2) is 5.82 Å². The van der Waals surface area contributed by atoms with Crippen LogP contribution in [0.4, 0.5) is 5.82 Å². The number of nitrogens with one attached hydrogen (secondary N) is 1. The number of rotatable bonds is 5. The molecule has 4 nitrogen and oxygen atoms in total. The quantitative estimate of drug-likeness (QED) is 0.898. The molecule has 0 fully saturated rings. The first-order valence-corrected chi connectivity index (χ1v) is 7.07. The molecule has 0 atom stereocenters. The predicted molar refractivity (Wildman–Crippen MR) is 75.8 cm³/mol. The third-order valence-corrected chi connectivity index (χ3v) is 3.18. The maximum Gasteiger partial charge on any atom is 0.173 e. The molecule has 0 saturated heterocycles. The molecule has 1 N–H and O–H groups in total. The van der Waals surface area contributed by atoms with Crippen molar-refractivity contribution in [1.82, 2.24) is 15.0 Å². The second kappa shape index (κ2) is 5.91. The van der Waals surface area contributed by atoms with Crippen molar-refractivity contribution in [2.45, 2.75) is 27.2 Å². The number of thiazole rings is 1. The van der Waals surface area contributed by atoms with Crippen LogP contribution in [0.25, 0.3) is 10.7 Å². The lowest BCUT2D eigenvalue weighted by Crippen LogP contribution is -2.05. The SMILES string of the molecule is CCNc1cc(CC(C)C)nc(-c2cncs2)n1. The van der Waals surface area contributed by atoms with E-state index in [1.165, 1.54) is 0 Å². The van der Waals surface area contributed by atoms with Gasteiger partial charge >= 0.3 is 0 Å². The summed E-state index contributed by atoms with van der Waals surface area (Å²) in [6, 6.07) is 2.04. The summed E-state index contributed by atoms with van der Waals surface area (Å²) in [6.07, 6.45) is 2.78. The van der Waals surface area contributed by atoms with Gasteiger partial charge in [0.2, 0.25) is 0 Å². The Hall–Kier alpha value is -1.49. The number of nitrogens with zero attached hydrogens (tertiary/aromatic N) is 3. The van der Waals surface area contributed by atoms with Gasteiger partial charge in [0, 0.05) is 24.5 Å². The van der Waals surface area contributed by atoms with E-state index >= 15 is 0 Å². The van der Waals surface area contributed by atoms with Crippen LogP contribution in [0.3, 0.4) is 0 Å². The molecule has 2 aromatic rings. The van der Waals surface area contributed by atoms with Crippen molar-refractivity contribution in [3.05, 3.63) is 23.5 Å². The van der Waals surface area contributed by atoms with E-state index in [-0.39, 0.29) is 0 Å². The van der Waals surface area contributed by atoms with Crippen LogP contribution >= 0.6 is 11.3 Å². The summed E-state index contributed by atoms with van der Waals surface area (Å²) in [4.78, 5) is 14.2. The summed E-state index contributed by atoms with van der Waals surface area (Å²) in [5.74, 6) is 2.25. The minimum atomic E-state index is 0.587. The first-order chi connectivity index (χ1) is 8.69. The number of hydrogen-bond donors (Lipinski definition) is 1. The van der Waals surface area contributed by atoms with E-state index in [9.17, 15) is 0 Å². The average molecular weight is 262 g/mol. The molecule has 0 aliphatic heterocycles. The van der Waals surface area contributed by atoms with E-state index in [0.717, 1.165) is 35.2 Å². The monoisotopic (exact) mass is 262 g/mol. The summed E-state index contributed by atoms with van der Waals surface area (Å²) < 4.78 is 0. The van der Waals surface area contributed by atoms with Crippen LogP contribution in [0.15, 0.2) is 17.8 Å². The van der Waals surface area contributed by atoms with Gasteiger partial charge in [-0.15, -0.1) is 11.3 Å². The summed E-state index contributed by atoms with van der Waals surface area (Å²) in [5.41, 5.74) is 2.89. The lowest BCUT2D eigenvalue weighted by atomic mass is 10.1. The molecule has 0 spiro atoms. The molecular formula is C13H18N4S. The molecule has 0 aliphatic carbocycles. The Morgan fingerprint density at radius 3 is 2.78 bits per heavy atom. The maximum atomic E-state index is 4.62. The van der Waals surface area contributed by atoms with Gasteiger partial charge < -0.3 is 5.32 Å². The normalized spacial score (nSPS) is 10.9. The Kier molecular flexibility index (Phi) is 4.25. The largest absolute Gasteiger partial charge is 0.370 e. The lowest BCUT2D eigenvalue weighted by Gasteiger charge is -2.09. The number of anilines is 1. The first kappa shape index (κ1) is 13.0. The Labute approximate surface area is 112 Å². The van der Waals surface area contributed by atoms with E-state index < -0.39 is 0 Å². The molecule has 0 amide bonds. The van der Waals surface area contributed by atoms with E-state index in [4.69, 9.17) is 0 Å². The lowest BCUT2D eigenvalue weighted by molar-refractivity contribution is 0.635. The smallest absolute Gasteiger partial charge is 0.173 e. The Morgan fingerprint density at radius 1 is 1.33 bits per heavy atom. The van der Waals surface area contributed by atoms with Gasteiger partial charge in [-0.25, -0.2) is 9.97 Å². The van der Waals surface area contributed by atoms with Crippen molar-refractivity contribution in [2.75, 3.05) is 11.9 Å². The van der Waals surface area contributed by atoms with E-state index in [1.54, 1.807) is 16.8 Å². The van der Waals surface area contributed by atoms with Crippen molar-refractivity contribution in [2.24, 2.45) is 5.92 Å². The van der Waals surface area contributed by atoms with E-state index in [1.807, 2.05) is 12.3 Å². The molecule has 0 aromatic carbocycles. The van der Waals surface area contributed by atoms with Crippen LogP contribution in [0.2, 0.25) is 0 Å². The highest BCUT2D eigenvalue weighted by Gasteiger charge is 2.09. The Morgan fingerprint density at radius 2 is 2.17 bits per heavy atom. The second-order valence-corrected chi connectivity index (χ2v) is 5.45. The molecule has 0 aliphatic rings. The summed E-state index contributed by atoms with van der Waals surface area (Å²) in [6.45, 7) is 7.32. The third-order valence-electron chi connectivity index (χ3n) is 2.41. The summed E-state index contributed by atoms with van der Waals surface area (Å²) in [5, 5.41) is 3.26. The third kappa shape index (κ3) is 3.26. The Balaban J connectivity index is 2.36. The molecule has 96 valence electrons. The molecule has 18 heavy (non-hydrogen) atoms. The summed E-state index contributed by atoms with van der Waals surface area (Å²) >= 11 is 1.57. The maximum absolute atomic E-state index is 4.62. The van der Waals surface area contributed by atoms with Gasteiger partial charge in [-0.3, -0.25) is 4.98 Å². The molecule has 0 unspecified atom stereocenters. The zero-order valence-electron chi connectivity index (χ0n) is 11.0. The minimum absolute atomic E-state index is 0.587. The van der Waals surface area contributed by atoms with Crippen molar-refractivity contribution in [3.63, 3.8) is 0 Å².